The topological polar surface area (TPSA) is 29.3 Å². The van der Waals surface area contributed by atoms with Gasteiger partial charge < -0.3 is 10.6 Å². The number of thioether (sulfide) groups is 1. The van der Waals surface area contributed by atoms with Crippen molar-refractivity contribution in [3.05, 3.63) is 29.8 Å². The van der Waals surface area contributed by atoms with Crippen molar-refractivity contribution in [1.29, 1.82) is 0 Å². The summed E-state index contributed by atoms with van der Waals surface area (Å²) in [4.78, 5) is 3.68. The Labute approximate surface area is 103 Å². The molecule has 16 heavy (non-hydrogen) atoms. The Balaban J connectivity index is 2.34. The highest BCUT2D eigenvalue weighted by Gasteiger charge is 2.00. The molecular formula is C13H22N2S. The van der Waals surface area contributed by atoms with Crippen molar-refractivity contribution in [3.63, 3.8) is 0 Å². The molecular weight excluding hydrogens is 216 g/mol. The zero-order valence-corrected chi connectivity index (χ0v) is 11.1. The molecule has 0 spiro atoms. The van der Waals surface area contributed by atoms with Crippen molar-refractivity contribution < 1.29 is 0 Å². The highest BCUT2D eigenvalue weighted by atomic mass is 32.2. The van der Waals surface area contributed by atoms with E-state index in [1.165, 1.54) is 16.9 Å². The minimum Gasteiger partial charge on any atom is -0.330 e. The maximum Gasteiger partial charge on any atom is 0.0230 e. The van der Waals surface area contributed by atoms with Crippen LogP contribution < -0.4 is 5.73 Å². The van der Waals surface area contributed by atoms with Gasteiger partial charge >= 0.3 is 0 Å². The molecule has 0 aromatic heterocycles. The van der Waals surface area contributed by atoms with Gasteiger partial charge in [0.05, 0.1) is 0 Å². The van der Waals surface area contributed by atoms with Crippen LogP contribution in [0.5, 0.6) is 0 Å². The Bertz CT molecular complexity index is 284. The first kappa shape index (κ1) is 13.6. The molecule has 1 aromatic carbocycles. The van der Waals surface area contributed by atoms with Gasteiger partial charge in [-0.05, 0) is 56.9 Å². The molecule has 0 aliphatic rings. The monoisotopic (exact) mass is 238 g/mol. The molecule has 0 radical (unpaired) electrons. The van der Waals surface area contributed by atoms with E-state index in [1.54, 1.807) is 11.8 Å². The molecule has 0 unspecified atom stereocenters. The van der Waals surface area contributed by atoms with Crippen LogP contribution in [0.1, 0.15) is 18.4 Å². The van der Waals surface area contributed by atoms with Crippen LogP contribution >= 0.6 is 11.8 Å². The molecule has 1 rings (SSSR count). The van der Waals surface area contributed by atoms with Gasteiger partial charge in [-0.15, -0.1) is 11.8 Å². The summed E-state index contributed by atoms with van der Waals surface area (Å²) in [6.45, 7) is 2.96. The average molecular weight is 238 g/mol. The van der Waals surface area contributed by atoms with Gasteiger partial charge in [-0.25, -0.2) is 0 Å². The Morgan fingerprint density at radius 2 is 1.88 bits per heavy atom. The largest absolute Gasteiger partial charge is 0.330 e. The molecule has 0 saturated heterocycles. The summed E-state index contributed by atoms with van der Waals surface area (Å²) in [5.41, 5.74) is 6.86. The van der Waals surface area contributed by atoms with Crippen LogP contribution in [0, 0.1) is 0 Å². The highest BCUT2D eigenvalue weighted by Crippen LogP contribution is 2.15. The van der Waals surface area contributed by atoms with Crippen LogP contribution in [-0.4, -0.2) is 31.3 Å². The normalized spacial score (nSPS) is 11.0. The van der Waals surface area contributed by atoms with E-state index in [0.717, 1.165) is 26.1 Å². The Hall–Kier alpha value is -0.510. The summed E-state index contributed by atoms with van der Waals surface area (Å²) in [7, 11) is 2.17. The zero-order chi connectivity index (χ0) is 11.8. The fourth-order valence-corrected chi connectivity index (χ4v) is 2.06. The fraction of sp³-hybridized carbons (Fsp3) is 0.538. The molecule has 0 atom stereocenters. The van der Waals surface area contributed by atoms with Gasteiger partial charge in [0.15, 0.2) is 0 Å². The second kappa shape index (κ2) is 7.71. The first-order valence-electron chi connectivity index (χ1n) is 5.78. The van der Waals surface area contributed by atoms with Gasteiger partial charge in [0.1, 0.15) is 0 Å². The van der Waals surface area contributed by atoms with Crippen molar-refractivity contribution >= 4 is 11.8 Å². The van der Waals surface area contributed by atoms with Crippen molar-refractivity contribution in [2.45, 2.75) is 24.3 Å². The first-order chi connectivity index (χ1) is 7.76. The first-order valence-corrected chi connectivity index (χ1v) is 7.00. The van der Waals surface area contributed by atoms with Crippen LogP contribution in [0.4, 0.5) is 0 Å². The molecule has 0 heterocycles. The van der Waals surface area contributed by atoms with Crippen LogP contribution in [0.15, 0.2) is 29.2 Å². The molecule has 0 aliphatic carbocycles. The van der Waals surface area contributed by atoms with Gasteiger partial charge in [0, 0.05) is 11.4 Å². The Kier molecular flexibility index (Phi) is 6.53. The average Bonchev–Trinajstić information content (AvgIpc) is 2.30. The maximum atomic E-state index is 5.48. The second-order valence-electron chi connectivity index (χ2n) is 4.08. The van der Waals surface area contributed by atoms with Crippen LogP contribution in [-0.2, 0) is 6.54 Å². The number of unbranched alkanes of at least 4 members (excludes halogenated alkanes) is 1. The smallest absolute Gasteiger partial charge is 0.0230 e. The fourth-order valence-electron chi connectivity index (χ4n) is 1.65. The molecule has 0 aliphatic heterocycles. The lowest BCUT2D eigenvalue weighted by atomic mass is 10.2. The summed E-state index contributed by atoms with van der Waals surface area (Å²) in [5.74, 6) is 0. The molecule has 0 fully saturated rings. The zero-order valence-electron chi connectivity index (χ0n) is 10.3. The standard InChI is InChI=1S/C13H22N2S/c1-15(10-4-3-9-14)11-12-5-7-13(16-2)8-6-12/h5-8H,3-4,9-11,14H2,1-2H3. The predicted octanol–water partition coefficient (Wildman–Crippen LogP) is 2.58. The van der Waals surface area contributed by atoms with E-state index in [4.69, 9.17) is 5.73 Å². The number of nitrogens with zero attached hydrogens (tertiary/aromatic N) is 1. The summed E-state index contributed by atoms with van der Waals surface area (Å²) < 4.78 is 0. The molecule has 0 amide bonds. The minimum absolute atomic E-state index is 0.802. The second-order valence-corrected chi connectivity index (χ2v) is 4.96. The lowest BCUT2D eigenvalue weighted by molar-refractivity contribution is 0.319. The van der Waals surface area contributed by atoms with Crippen molar-refractivity contribution in [2.24, 2.45) is 5.73 Å². The van der Waals surface area contributed by atoms with E-state index >= 15 is 0 Å². The number of hydrogen-bond donors (Lipinski definition) is 1. The van der Waals surface area contributed by atoms with E-state index in [-0.39, 0.29) is 0 Å². The third-order valence-corrected chi connectivity index (χ3v) is 3.35. The van der Waals surface area contributed by atoms with Crippen LogP contribution in [0.3, 0.4) is 0 Å². The third kappa shape index (κ3) is 5.01. The maximum absolute atomic E-state index is 5.48. The van der Waals surface area contributed by atoms with Crippen LogP contribution in [0.2, 0.25) is 0 Å². The molecule has 3 heteroatoms. The van der Waals surface area contributed by atoms with Crippen molar-refractivity contribution in [1.82, 2.24) is 4.90 Å². The summed E-state index contributed by atoms with van der Waals surface area (Å²) >= 11 is 1.79. The van der Waals surface area contributed by atoms with Crippen LogP contribution in [0.25, 0.3) is 0 Å². The number of nitrogens with two attached hydrogens (primary N) is 1. The van der Waals surface area contributed by atoms with E-state index < -0.39 is 0 Å². The van der Waals surface area contributed by atoms with E-state index in [9.17, 15) is 0 Å². The summed E-state index contributed by atoms with van der Waals surface area (Å²) in [6.07, 6.45) is 4.42. The van der Waals surface area contributed by atoms with Gasteiger partial charge in [-0.1, -0.05) is 12.1 Å². The van der Waals surface area contributed by atoms with Crippen molar-refractivity contribution in [3.8, 4) is 0 Å². The number of benzene rings is 1. The molecule has 1 aromatic rings. The van der Waals surface area contributed by atoms with Gasteiger partial charge in [-0.3, -0.25) is 0 Å². The van der Waals surface area contributed by atoms with Gasteiger partial charge in [-0.2, -0.15) is 0 Å². The summed E-state index contributed by atoms with van der Waals surface area (Å²) in [5, 5.41) is 0. The molecule has 2 nitrogen and oxygen atoms in total. The van der Waals surface area contributed by atoms with E-state index in [1.807, 2.05) is 0 Å². The summed E-state index contributed by atoms with van der Waals surface area (Å²) in [6, 6.07) is 8.80. The predicted molar refractivity (Wildman–Crippen MR) is 72.8 cm³/mol. The quantitative estimate of drug-likeness (QED) is 0.585. The highest BCUT2D eigenvalue weighted by molar-refractivity contribution is 7.98. The SMILES string of the molecule is CSc1ccc(CN(C)CCCCN)cc1. The van der Waals surface area contributed by atoms with Crippen molar-refractivity contribution in [2.75, 3.05) is 26.4 Å². The molecule has 0 saturated carbocycles. The Morgan fingerprint density at radius 3 is 2.44 bits per heavy atom. The van der Waals surface area contributed by atoms with Gasteiger partial charge in [0.25, 0.3) is 0 Å². The Morgan fingerprint density at radius 1 is 1.19 bits per heavy atom. The lowest BCUT2D eigenvalue weighted by Crippen LogP contribution is -2.19. The third-order valence-electron chi connectivity index (χ3n) is 2.61. The van der Waals surface area contributed by atoms with E-state index in [2.05, 4.69) is 42.5 Å². The lowest BCUT2D eigenvalue weighted by Gasteiger charge is -2.16. The minimum atomic E-state index is 0.802. The number of rotatable bonds is 7. The molecule has 0 bridgehead atoms. The number of hydrogen-bond acceptors (Lipinski definition) is 3. The molecule has 90 valence electrons. The molecule has 2 N–H and O–H groups in total. The van der Waals surface area contributed by atoms with E-state index in [0.29, 0.717) is 0 Å². The van der Waals surface area contributed by atoms with Gasteiger partial charge in [0.2, 0.25) is 0 Å².